The summed E-state index contributed by atoms with van der Waals surface area (Å²) in [7, 11) is 0. The first kappa shape index (κ1) is 21.5. The molecular weight excluding hydrogens is 367 g/mol. The summed E-state index contributed by atoms with van der Waals surface area (Å²) in [6.07, 6.45) is 0. The van der Waals surface area contributed by atoms with Crippen molar-refractivity contribution in [3.05, 3.63) is 48.5 Å². The molecule has 0 amide bonds. The molecule has 25 heavy (non-hydrogen) atoms. The van der Waals surface area contributed by atoms with Gasteiger partial charge in [0.1, 0.15) is 11.5 Å². The maximum absolute atomic E-state index is 9.11. The number of aliphatic hydroxyl groups is 2. The molecule has 2 rings (SSSR count). The SMILES string of the molecule is OCC(Cl)COCC(Cl)CO.Oc1ccc(-c2ccc(O)cc2)cc1. The number of halogens is 2. The fraction of sp³-hybridized carbons (Fsp3) is 0.333. The fourth-order valence-corrected chi connectivity index (χ4v) is 1.92. The predicted molar refractivity (Wildman–Crippen MR) is 99.5 cm³/mol. The number of benzene rings is 2. The monoisotopic (exact) mass is 388 g/mol. The second-order valence-electron chi connectivity index (χ2n) is 5.19. The predicted octanol–water partition coefficient (Wildman–Crippen LogP) is 2.97. The van der Waals surface area contributed by atoms with Gasteiger partial charge in [0.15, 0.2) is 0 Å². The maximum atomic E-state index is 9.11. The second-order valence-corrected chi connectivity index (χ2v) is 6.43. The summed E-state index contributed by atoms with van der Waals surface area (Å²) in [5, 5.41) is 34.4. The van der Waals surface area contributed by atoms with E-state index in [1.807, 2.05) is 24.3 Å². The highest BCUT2D eigenvalue weighted by molar-refractivity contribution is 6.21. The summed E-state index contributed by atoms with van der Waals surface area (Å²) in [5.74, 6) is 0.514. The number of hydrogen-bond acceptors (Lipinski definition) is 5. The van der Waals surface area contributed by atoms with E-state index in [0.717, 1.165) is 11.1 Å². The van der Waals surface area contributed by atoms with Crippen molar-refractivity contribution in [3.63, 3.8) is 0 Å². The zero-order valence-corrected chi connectivity index (χ0v) is 15.1. The summed E-state index contributed by atoms with van der Waals surface area (Å²) in [6, 6.07) is 13.9. The van der Waals surface area contributed by atoms with Crippen LogP contribution in [-0.2, 0) is 4.74 Å². The van der Waals surface area contributed by atoms with Crippen molar-refractivity contribution in [2.45, 2.75) is 10.8 Å². The number of aromatic hydroxyl groups is 2. The van der Waals surface area contributed by atoms with E-state index in [0.29, 0.717) is 0 Å². The summed E-state index contributed by atoms with van der Waals surface area (Å²) in [6.45, 7) is 0.268. The van der Waals surface area contributed by atoms with E-state index in [2.05, 4.69) is 0 Å². The van der Waals surface area contributed by atoms with Crippen LogP contribution in [0.3, 0.4) is 0 Å². The number of aliphatic hydroxyl groups excluding tert-OH is 2. The molecule has 0 spiro atoms. The number of alkyl halides is 2. The van der Waals surface area contributed by atoms with Crippen LogP contribution >= 0.6 is 23.2 Å². The molecule has 2 atom stereocenters. The lowest BCUT2D eigenvalue weighted by Crippen LogP contribution is -2.19. The number of phenols is 2. The molecule has 0 aliphatic heterocycles. The van der Waals surface area contributed by atoms with Gasteiger partial charge in [-0.25, -0.2) is 0 Å². The van der Waals surface area contributed by atoms with Crippen molar-refractivity contribution in [2.24, 2.45) is 0 Å². The third kappa shape index (κ3) is 8.95. The van der Waals surface area contributed by atoms with Crippen molar-refractivity contribution in [2.75, 3.05) is 26.4 Å². The third-order valence-corrected chi connectivity index (χ3v) is 3.59. The molecule has 0 bridgehead atoms. The topological polar surface area (TPSA) is 90.2 Å². The third-order valence-electron chi connectivity index (χ3n) is 3.06. The summed E-state index contributed by atoms with van der Waals surface area (Å²) >= 11 is 11.0. The average Bonchev–Trinajstić information content (AvgIpc) is 2.63. The van der Waals surface area contributed by atoms with Crippen LogP contribution in [0, 0.1) is 0 Å². The van der Waals surface area contributed by atoms with Crippen LogP contribution in [0.1, 0.15) is 0 Å². The Hall–Kier alpha value is -1.50. The van der Waals surface area contributed by atoms with Gasteiger partial charge in [-0.2, -0.15) is 0 Å². The van der Waals surface area contributed by atoms with Crippen LogP contribution in [0.25, 0.3) is 11.1 Å². The first-order chi connectivity index (χ1) is 12.0. The van der Waals surface area contributed by atoms with Crippen LogP contribution in [-0.4, -0.2) is 57.6 Å². The van der Waals surface area contributed by atoms with Gasteiger partial charge < -0.3 is 25.2 Å². The van der Waals surface area contributed by atoms with Gasteiger partial charge in [-0.15, -0.1) is 23.2 Å². The van der Waals surface area contributed by atoms with Crippen LogP contribution in [0.4, 0.5) is 0 Å². The van der Waals surface area contributed by atoms with E-state index in [1.165, 1.54) is 0 Å². The highest BCUT2D eigenvalue weighted by Crippen LogP contribution is 2.23. The fourth-order valence-electron chi connectivity index (χ4n) is 1.74. The lowest BCUT2D eigenvalue weighted by Gasteiger charge is -2.09. The number of phenolic OH excluding ortho intramolecular Hbond substituents is 2. The molecule has 2 aromatic rings. The average molecular weight is 389 g/mol. The van der Waals surface area contributed by atoms with Gasteiger partial charge in [0, 0.05) is 0 Å². The van der Waals surface area contributed by atoms with Crippen molar-refractivity contribution in [1.82, 2.24) is 0 Å². The smallest absolute Gasteiger partial charge is 0.115 e. The largest absolute Gasteiger partial charge is 0.508 e. The van der Waals surface area contributed by atoms with Crippen molar-refractivity contribution >= 4 is 23.2 Å². The van der Waals surface area contributed by atoms with Crippen LogP contribution in [0.15, 0.2) is 48.5 Å². The first-order valence-electron chi connectivity index (χ1n) is 7.62. The van der Waals surface area contributed by atoms with Crippen LogP contribution in [0.5, 0.6) is 11.5 Å². The second kappa shape index (κ2) is 12.0. The molecule has 0 heterocycles. The highest BCUT2D eigenvalue weighted by Gasteiger charge is 2.05. The molecule has 0 saturated heterocycles. The maximum Gasteiger partial charge on any atom is 0.115 e. The first-order valence-corrected chi connectivity index (χ1v) is 8.49. The molecule has 0 saturated carbocycles. The molecule has 0 aliphatic carbocycles. The van der Waals surface area contributed by atoms with E-state index >= 15 is 0 Å². The molecule has 4 N–H and O–H groups in total. The summed E-state index contributed by atoms with van der Waals surface area (Å²) in [5.41, 5.74) is 2.03. The van der Waals surface area contributed by atoms with Crippen molar-refractivity contribution in [1.29, 1.82) is 0 Å². The molecule has 0 aliphatic rings. The Balaban J connectivity index is 0.000000260. The number of ether oxygens (including phenoxy) is 1. The normalized spacial score (nSPS) is 12.8. The summed E-state index contributed by atoms with van der Waals surface area (Å²) in [4.78, 5) is 0. The van der Waals surface area contributed by atoms with Gasteiger partial charge >= 0.3 is 0 Å². The molecule has 2 aromatic carbocycles. The highest BCUT2D eigenvalue weighted by atomic mass is 35.5. The standard InChI is InChI=1S/C12H10O2.C6H12Cl2O3/c13-11-5-1-9(2-6-11)10-3-7-12(14)8-4-10;7-5(1-9)3-11-4-6(8)2-10/h1-8,13-14H;5-6,9-10H,1-4H2. The molecule has 2 unspecified atom stereocenters. The molecule has 5 nitrogen and oxygen atoms in total. The molecule has 7 heteroatoms. The number of rotatable bonds is 7. The summed E-state index contributed by atoms with van der Waals surface area (Å²) < 4.78 is 4.96. The van der Waals surface area contributed by atoms with E-state index in [4.69, 9.17) is 48.4 Å². The Kier molecular flexibility index (Phi) is 10.3. The molecule has 138 valence electrons. The molecule has 0 radical (unpaired) electrons. The minimum atomic E-state index is -0.391. The van der Waals surface area contributed by atoms with E-state index in [1.54, 1.807) is 24.3 Å². The Morgan fingerprint density at radius 2 is 1.00 bits per heavy atom. The van der Waals surface area contributed by atoms with Crippen LogP contribution in [0.2, 0.25) is 0 Å². The van der Waals surface area contributed by atoms with Crippen molar-refractivity contribution < 1.29 is 25.2 Å². The lowest BCUT2D eigenvalue weighted by atomic mass is 10.1. The van der Waals surface area contributed by atoms with Crippen LogP contribution < -0.4 is 0 Å². The van der Waals surface area contributed by atoms with Gasteiger partial charge in [-0.3, -0.25) is 0 Å². The Bertz CT molecular complexity index is 536. The minimum absolute atomic E-state index is 0.117. The van der Waals surface area contributed by atoms with Gasteiger partial charge in [-0.05, 0) is 35.4 Å². The van der Waals surface area contributed by atoms with Gasteiger partial charge in [-0.1, -0.05) is 24.3 Å². The van der Waals surface area contributed by atoms with Crippen molar-refractivity contribution in [3.8, 4) is 22.6 Å². The molecule has 0 aromatic heterocycles. The van der Waals surface area contributed by atoms with Gasteiger partial charge in [0.05, 0.1) is 37.2 Å². The van der Waals surface area contributed by atoms with E-state index in [-0.39, 0.29) is 37.9 Å². The van der Waals surface area contributed by atoms with E-state index in [9.17, 15) is 0 Å². The van der Waals surface area contributed by atoms with Gasteiger partial charge in [0.25, 0.3) is 0 Å². The van der Waals surface area contributed by atoms with E-state index < -0.39 is 10.8 Å². The van der Waals surface area contributed by atoms with Gasteiger partial charge in [0.2, 0.25) is 0 Å². The molecular formula is C18H22Cl2O5. The molecule has 0 fully saturated rings. The quantitative estimate of drug-likeness (QED) is 0.547. The zero-order chi connectivity index (χ0) is 18.7. The Labute approximate surface area is 157 Å². The Morgan fingerprint density at radius 1 is 0.680 bits per heavy atom. The Morgan fingerprint density at radius 3 is 1.28 bits per heavy atom. The minimum Gasteiger partial charge on any atom is -0.508 e. The number of hydrogen-bond donors (Lipinski definition) is 4. The lowest BCUT2D eigenvalue weighted by molar-refractivity contribution is 0.107. The zero-order valence-electron chi connectivity index (χ0n) is 13.6.